The Kier molecular flexibility index (Phi) is 3.84. The lowest BCUT2D eigenvalue weighted by Crippen LogP contribution is -2.24. The topological polar surface area (TPSA) is 88.6 Å². The van der Waals surface area contributed by atoms with Crippen LogP contribution in [0.5, 0.6) is 11.6 Å². The molecule has 1 rings (SSSR count). The SMILES string of the molecule is COc1c[nH]c(OC(F)(F)F)c(CC(=O)O)c1=O. The van der Waals surface area contributed by atoms with Gasteiger partial charge in [0.1, 0.15) is 0 Å². The molecular formula is C9H8F3NO5. The molecule has 0 aliphatic heterocycles. The maximum Gasteiger partial charge on any atom is 0.574 e. The summed E-state index contributed by atoms with van der Waals surface area (Å²) in [6.45, 7) is 0. The zero-order valence-electron chi connectivity index (χ0n) is 9.00. The van der Waals surface area contributed by atoms with E-state index in [1.807, 2.05) is 4.98 Å². The molecule has 1 heterocycles. The van der Waals surface area contributed by atoms with Gasteiger partial charge in [-0.3, -0.25) is 9.59 Å². The van der Waals surface area contributed by atoms with Gasteiger partial charge in [-0.1, -0.05) is 0 Å². The van der Waals surface area contributed by atoms with Crippen LogP contribution in [-0.4, -0.2) is 29.5 Å². The molecule has 0 fully saturated rings. The Balaban J connectivity index is 3.29. The molecule has 0 aliphatic rings. The molecule has 2 N–H and O–H groups in total. The van der Waals surface area contributed by atoms with Crippen LogP contribution in [0.2, 0.25) is 0 Å². The lowest BCUT2D eigenvalue weighted by Gasteiger charge is -2.12. The number of aromatic nitrogens is 1. The minimum absolute atomic E-state index is 0.305. The van der Waals surface area contributed by atoms with Crippen LogP contribution in [0.1, 0.15) is 5.56 Å². The molecule has 0 aromatic carbocycles. The summed E-state index contributed by atoms with van der Waals surface area (Å²) in [5.41, 5.74) is -1.64. The number of H-pyrrole nitrogens is 1. The second-order valence-electron chi connectivity index (χ2n) is 3.11. The molecule has 18 heavy (non-hydrogen) atoms. The standard InChI is InChI=1S/C9H8F3NO5/c1-17-5-3-13-8(18-9(10,11)12)4(7(5)16)2-6(14)15/h3H,2H2,1H3,(H,13,16)(H,14,15). The van der Waals surface area contributed by atoms with Crippen LogP contribution in [0, 0.1) is 0 Å². The summed E-state index contributed by atoms with van der Waals surface area (Å²) in [6, 6.07) is 0. The quantitative estimate of drug-likeness (QED) is 0.846. The van der Waals surface area contributed by atoms with Crippen molar-refractivity contribution in [3.8, 4) is 11.6 Å². The third-order valence-electron chi connectivity index (χ3n) is 1.87. The zero-order valence-corrected chi connectivity index (χ0v) is 9.00. The van der Waals surface area contributed by atoms with Crippen molar-refractivity contribution in [3.05, 3.63) is 22.0 Å². The second kappa shape index (κ2) is 4.98. The predicted octanol–water partition coefficient (Wildman–Crippen LogP) is 0.909. The van der Waals surface area contributed by atoms with Crippen molar-refractivity contribution in [1.29, 1.82) is 0 Å². The zero-order chi connectivity index (χ0) is 13.9. The maximum absolute atomic E-state index is 12.0. The number of aliphatic carboxylic acids is 1. The number of methoxy groups -OCH3 is 1. The highest BCUT2D eigenvalue weighted by atomic mass is 19.4. The maximum atomic E-state index is 12.0. The van der Waals surface area contributed by atoms with E-state index in [0.717, 1.165) is 13.3 Å². The highest BCUT2D eigenvalue weighted by Crippen LogP contribution is 2.24. The summed E-state index contributed by atoms with van der Waals surface area (Å²) in [6.07, 6.45) is -5.10. The molecule has 0 atom stereocenters. The van der Waals surface area contributed by atoms with E-state index in [2.05, 4.69) is 9.47 Å². The highest BCUT2D eigenvalue weighted by molar-refractivity contribution is 5.71. The van der Waals surface area contributed by atoms with E-state index in [-0.39, 0.29) is 5.75 Å². The van der Waals surface area contributed by atoms with Gasteiger partial charge in [-0.15, -0.1) is 13.2 Å². The van der Waals surface area contributed by atoms with E-state index >= 15 is 0 Å². The van der Waals surface area contributed by atoms with Gasteiger partial charge in [0.2, 0.25) is 11.3 Å². The first-order valence-corrected chi connectivity index (χ1v) is 4.50. The molecule has 0 amide bonds. The molecule has 0 radical (unpaired) electrons. The third kappa shape index (κ3) is 3.40. The fourth-order valence-corrected chi connectivity index (χ4v) is 1.21. The molecule has 6 nitrogen and oxygen atoms in total. The molecule has 1 aromatic heterocycles. The summed E-state index contributed by atoms with van der Waals surface area (Å²) in [4.78, 5) is 24.1. The van der Waals surface area contributed by atoms with Gasteiger partial charge < -0.3 is 19.6 Å². The minimum Gasteiger partial charge on any atom is -0.491 e. The fraction of sp³-hybridized carbons (Fsp3) is 0.333. The van der Waals surface area contributed by atoms with Crippen LogP contribution in [0.3, 0.4) is 0 Å². The minimum atomic E-state index is -5.04. The number of aromatic amines is 1. The Morgan fingerprint density at radius 1 is 1.50 bits per heavy atom. The molecule has 0 aliphatic carbocycles. The van der Waals surface area contributed by atoms with E-state index in [0.29, 0.717) is 0 Å². The number of rotatable bonds is 4. The smallest absolute Gasteiger partial charge is 0.491 e. The van der Waals surface area contributed by atoms with Crippen LogP contribution in [0.25, 0.3) is 0 Å². The first-order valence-electron chi connectivity index (χ1n) is 4.50. The molecule has 100 valence electrons. The van der Waals surface area contributed by atoms with Gasteiger partial charge in [0.15, 0.2) is 5.75 Å². The number of halogens is 3. The summed E-state index contributed by atoms with van der Waals surface area (Å²) < 4.78 is 44.3. The van der Waals surface area contributed by atoms with Crippen molar-refractivity contribution in [2.75, 3.05) is 7.11 Å². The number of hydrogen-bond donors (Lipinski definition) is 2. The molecule has 0 unspecified atom stereocenters. The molecular weight excluding hydrogens is 259 g/mol. The van der Waals surface area contributed by atoms with Crippen LogP contribution in [0.4, 0.5) is 13.2 Å². The van der Waals surface area contributed by atoms with Gasteiger partial charge in [0.25, 0.3) is 0 Å². The molecule has 0 spiro atoms. The van der Waals surface area contributed by atoms with E-state index in [9.17, 15) is 22.8 Å². The predicted molar refractivity (Wildman–Crippen MR) is 51.6 cm³/mol. The van der Waals surface area contributed by atoms with Gasteiger partial charge in [-0.2, -0.15) is 0 Å². The molecule has 0 saturated heterocycles. The average Bonchev–Trinajstić information content (AvgIpc) is 2.21. The normalized spacial score (nSPS) is 11.1. The molecule has 0 saturated carbocycles. The van der Waals surface area contributed by atoms with Crippen molar-refractivity contribution < 1.29 is 32.5 Å². The lowest BCUT2D eigenvalue weighted by molar-refractivity contribution is -0.276. The van der Waals surface area contributed by atoms with Crippen LogP contribution < -0.4 is 14.9 Å². The Labute approximate surface area is 98.0 Å². The van der Waals surface area contributed by atoms with Gasteiger partial charge in [0, 0.05) is 0 Å². The van der Waals surface area contributed by atoms with Crippen molar-refractivity contribution in [2.45, 2.75) is 12.8 Å². The van der Waals surface area contributed by atoms with Gasteiger partial charge >= 0.3 is 12.3 Å². The van der Waals surface area contributed by atoms with Gasteiger partial charge in [-0.25, -0.2) is 0 Å². The number of nitrogens with one attached hydrogen (secondary N) is 1. The van der Waals surface area contributed by atoms with Crippen LogP contribution >= 0.6 is 0 Å². The monoisotopic (exact) mass is 267 g/mol. The summed E-state index contributed by atoms with van der Waals surface area (Å²) in [5, 5.41) is 8.55. The number of hydrogen-bond acceptors (Lipinski definition) is 4. The largest absolute Gasteiger partial charge is 0.574 e. The second-order valence-corrected chi connectivity index (χ2v) is 3.11. The van der Waals surface area contributed by atoms with Crippen molar-refractivity contribution in [1.82, 2.24) is 4.98 Å². The van der Waals surface area contributed by atoms with Gasteiger partial charge in [0.05, 0.1) is 25.3 Å². The Morgan fingerprint density at radius 3 is 2.56 bits per heavy atom. The lowest BCUT2D eigenvalue weighted by atomic mass is 10.2. The first-order chi connectivity index (χ1) is 8.24. The summed E-state index contributed by atoms with van der Waals surface area (Å²) in [5.74, 6) is -2.74. The van der Waals surface area contributed by atoms with Crippen molar-refractivity contribution >= 4 is 5.97 Å². The highest BCUT2D eigenvalue weighted by Gasteiger charge is 2.33. The Morgan fingerprint density at radius 2 is 2.11 bits per heavy atom. The average molecular weight is 267 g/mol. The van der Waals surface area contributed by atoms with Crippen molar-refractivity contribution in [3.63, 3.8) is 0 Å². The number of pyridine rings is 1. The van der Waals surface area contributed by atoms with E-state index in [4.69, 9.17) is 5.11 Å². The summed E-state index contributed by atoms with van der Waals surface area (Å²) >= 11 is 0. The number of ether oxygens (including phenoxy) is 2. The van der Waals surface area contributed by atoms with Gasteiger partial charge in [-0.05, 0) is 0 Å². The van der Waals surface area contributed by atoms with Crippen LogP contribution in [0.15, 0.2) is 11.0 Å². The van der Waals surface area contributed by atoms with E-state index in [1.165, 1.54) is 0 Å². The molecule has 0 bridgehead atoms. The number of alkyl halides is 3. The summed E-state index contributed by atoms with van der Waals surface area (Å²) in [7, 11) is 1.12. The van der Waals surface area contributed by atoms with E-state index < -0.39 is 35.6 Å². The van der Waals surface area contributed by atoms with E-state index in [1.54, 1.807) is 0 Å². The number of carbonyl (C=O) groups is 1. The number of carboxylic acid groups (broad SMARTS) is 1. The molecule has 1 aromatic rings. The third-order valence-corrected chi connectivity index (χ3v) is 1.87. The number of carboxylic acids is 1. The molecule has 9 heteroatoms. The fourth-order valence-electron chi connectivity index (χ4n) is 1.21. The van der Waals surface area contributed by atoms with Crippen LogP contribution in [-0.2, 0) is 11.2 Å². The Bertz CT molecular complexity index is 508. The first kappa shape index (κ1) is 13.9. The van der Waals surface area contributed by atoms with Crippen molar-refractivity contribution in [2.24, 2.45) is 0 Å². The Hall–Kier alpha value is -2.19.